The SMILES string of the molecule is O=C(CCc1ccc2c(c1)CCO2)CSC1CCCC1. The molecule has 0 amide bonds. The van der Waals surface area contributed by atoms with Gasteiger partial charge in [0.2, 0.25) is 0 Å². The van der Waals surface area contributed by atoms with E-state index in [1.54, 1.807) is 0 Å². The zero-order valence-electron chi connectivity index (χ0n) is 11.9. The Bertz CT molecular complexity index is 478. The van der Waals surface area contributed by atoms with Crippen LogP contribution in [0.5, 0.6) is 5.75 Å². The molecule has 3 heteroatoms. The molecule has 0 unspecified atom stereocenters. The molecule has 108 valence electrons. The summed E-state index contributed by atoms with van der Waals surface area (Å²) in [7, 11) is 0. The maximum Gasteiger partial charge on any atom is 0.143 e. The van der Waals surface area contributed by atoms with Crippen LogP contribution < -0.4 is 4.74 Å². The minimum atomic E-state index is 0.402. The minimum Gasteiger partial charge on any atom is -0.493 e. The summed E-state index contributed by atoms with van der Waals surface area (Å²) >= 11 is 1.88. The van der Waals surface area contributed by atoms with E-state index in [-0.39, 0.29) is 0 Å². The molecule has 0 N–H and O–H groups in total. The Balaban J connectivity index is 1.43. The Morgan fingerprint density at radius 2 is 2.15 bits per heavy atom. The lowest BCUT2D eigenvalue weighted by Crippen LogP contribution is -2.07. The summed E-state index contributed by atoms with van der Waals surface area (Å²) in [6.07, 6.45) is 7.88. The molecule has 1 fully saturated rings. The van der Waals surface area contributed by atoms with Crippen molar-refractivity contribution in [2.75, 3.05) is 12.4 Å². The second-order valence-corrected chi connectivity index (χ2v) is 7.09. The first-order valence-corrected chi connectivity index (χ1v) is 8.74. The largest absolute Gasteiger partial charge is 0.493 e. The molecule has 0 bridgehead atoms. The average Bonchev–Trinajstić information content (AvgIpc) is 3.13. The molecule has 0 aromatic heterocycles. The van der Waals surface area contributed by atoms with Gasteiger partial charge in [-0.05, 0) is 36.5 Å². The maximum absolute atomic E-state index is 12.0. The van der Waals surface area contributed by atoms with Crippen LogP contribution in [0, 0.1) is 0 Å². The second kappa shape index (κ2) is 6.66. The third-order valence-corrected chi connectivity index (χ3v) is 5.66. The molecule has 1 heterocycles. The number of carbonyl (C=O) groups is 1. The van der Waals surface area contributed by atoms with Crippen LogP contribution >= 0.6 is 11.8 Å². The molecular weight excluding hydrogens is 268 g/mol. The van der Waals surface area contributed by atoms with Crippen LogP contribution in [-0.4, -0.2) is 23.4 Å². The fourth-order valence-electron chi connectivity index (χ4n) is 3.02. The lowest BCUT2D eigenvalue weighted by atomic mass is 10.0. The van der Waals surface area contributed by atoms with Gasteiger partial charge in [0.25, 0.3) is 0 Å². The van der Waals surface area contributed by atoms with Crippen molar-refractivity contribution in [1.82, 2.24) is 0 Å². The number of aryl methyl sites for hydroxylation is 1. The van der Waals surface area contributed by atoms with Crippen LogP contribution in [0.2, 0.25) is 0 Å². The van der Waals surface area contributed by atoms with E-state index >= 15 is 0 Å². The van der Waals surface area contributed by atoms with Gasteiger partial charge in [0.1, 0.15) is 11.5 Å². The summed E-state index contributed by atoms with van der Waals surface area (Å²) in [5.74, 6) is 2.13. The predicted molar refractivity (Wildman–Crippen MR) is 83.7 cm³/mol. The molecule has 3 rings (SSSR count). The van der Waals surface area contributed by atoms with Crippen molar-refractivity contribution < 1.29 is 9.53 Å². The van der Waals surface area contributed by atoms with Gasteiger partial charge in [-0.1, -0.05) is 25.0 Å². The molecule has 2 aliphatic rings. The van der Waals surface area contributed by atoms with Gasteiger partial charge in [-0.25, -0.2) is 0 Å². The van der Waals surface area contributed by atoms with Gasteiger partial charge in [0.15, 0.2) is 0 Å². The zero-order valence-corrected chi connectivity index (χ0v) is 12.7. The molecule has 1 aromatic carbocycles. The van der Waals surface area contributed by atoms with Gasteiger partial charge in [-0.2, -0.15) is 11.8 Å². The van der Waals surface area contributed by atoms with Crippen LogP contribution in [0.3, 0.4) is 0 Å². The molecule has 0 spiro atoms. The number of carbonyl (C=O) groups excluding carboxylic acids is 1. The average molecular weight is 290 g/mol. The number of hydrogen-bond acceptors (Lipinski definition) is 3. The highest BCUT2D eigenvalue weighted by atomic mass is 32.2. The number of Topliss-reactive ketones (excluding diaryl/α,β-unsaturated/α-hetero) is 1. The number of ketones is 1. The predicted octanol–water partition coefficient (Wildman–Crippen LogP) is 3.80. The summed E-state index contributed by atoms with van der Waals surface area (Å²) in [5.41, 5.74) is 2.57. The number of hydrogen-bond donors (Lipinski definition) is 0. The highest BCUT2D eigenvalue weighted by Crippen LogP contribution is 2.30. The lowest BCUT2D eigenvalue weighted by Gasteiger charge is -2.08. The number of fused-ring (bicyclic) bond motifs is 1. The van der Waals surface area contributed by atoms with Crippen molar-refractivity contribution in [1.29, 1.82) is 0 Å². The standard InChI is InChI=1S/C17H22O2S/c18-15(12-20-16-3-1-2-4-16)7-5-13-6-8-17-14(11-13)9-10-19-17/h6,8,11,16H,1-5,7,9-10,12H2. The van der Waals surface area contributed by atoms with Crippen LogP contribution in [0.1, 0.15) is 43.2 Å². The molecule has 0 saturated heterocycles. The molecule has 1 saturated carbocycles. The Morgan fingerprint density at radius 1 is 1.30 bits per heavy atom. The first-order valence-electron chi connectivity index (χ1n) is 7.69. The van der Waals surface area contributed by atoms with E-state index in [2.05, 4.69) is 18.2 Å². The fourth-order valence-corrected chi connectivity index (χ4v) is 4.25. The van der Waals surface area contributed by atoms with Crippen molar-refractivity contribution in [3.8, 4) is 5.75 Å². The number of benzene rings is 1. The third-order valence-electron chi connectivity index (χ3n) is 4.23. The molecule has 1 aliphatic heterocycles. The van der Waals surface area contributed by atoms with Gasteiger partial charge in [-0.15, -0.1) is 0 Å². The van der Waals surface area contributed by atoms with E-state index in [1.165, 1.54) is 36.8 Å². The lowest BCUT2D eigenvalue weighted by molar-refractivity contribution is -0.116. The zero-order chi connectivity index (χ0) is 13.8. The van der Waals surface area contributed by atoms with Crippen LogP contribution in [-0.2, 0) is 17.6 Å². The van der Waals surface area contributed by atoms with Gasteiger partial charge in [0, 0.05) is 18.1 Å². The fraction of sp³-hybridized carbons (Fsp3) is 0.588. The Kier molecular flexibility index (Phi) is 4.66. The first kappa shape index (κ1) is 14.0. The first-order chi connectivity index (χ1) is 9.81. The molecule has 2 nitrogen and oxygen atoms in total. The Morgan fingerprint density at radius 3 is 3.00 bits per heavy atom. The Hall–Kier alpha value is -0.960. The summed E-state index contributed by atoms with van der Waals surface area (Å²) in [4.78, 5) is 12.0. The second-order valence-electron chi connectivity index (χ2n) is 5.80. The minimum absolute atomic E-state index is 0.402. The summed E-state index contributed by atoms with van der Waals surface area (Å²) in [6.45, 7) is 0.801. The smallest absolute Gasteiger partial charge is 0.143 e. The van der Waals surface area contributed by atoms with Crippen LogP contribution in [0.25, 0.3) is 0 Å². The number of thioether (sulfide) groups is 1. The molecule has 1 aromatic rings. The van der Waals surface area contributed by atoms with E-state index in [0.29, 0.717) is 18.0 Å². The molecular formula is C17H22O2S. The van der Waals surface area contributed by atoms with Gasteiger partial charge in [0.05, 0.1) is 12.4 Å². The topological polar surface area (TPSA) is 26.3 Å². The van der Waals surface area contributed by atoms with E-state index < -0.39 is 0 Å². The maximum atomic E-state index is 12.0. The third kappa shape index (κ3) is 3.57. The van der Waals surface area contributed by atoms with E-state index in [0.717, 1.165) is 30.4 Å². The normalized spacial score (nSPS) is 18.0. The molecule has 0 atom stereocenters. The number of rotatable bonds is 6. The van der Waals surface area contributed by atoms with E-state index in [4.69, 9.17) is 4.74 Å². The van der Waals surface area contributed by atoms with Gasteiger partial charge in [-0.3, -0.25) is 4.79 Å². The van der Waals surface area contributed by atoms with Crippen LogP contribution in [0.4, 0.5) is 0 Å². The number of ether oxygens (including phenoxy) is 1. The van der Waals surface area contributed by atoms with Crippen molar-refractivity contribution in [2.45, 2.75) is 50.2 Å². The molecule has 0 radical (unpaired) electrons. The quantitative estimate of drug-likeness (QED) is 0.797. The highest BCUT2D eigenvalue weighted by Gasteiger charge is 2.17. The summed E-state index contributed by atoms with van der Waals surface area (Å²) < 4.78 is 5.50. The Labute approximate surface area is 125 Å². The van der Waals surface area contributed by atoms with Crippen molar-refractivity contribution >= 4 is 17.5 Å². The van der Waals surface area contributed by atoms with Gasteiger partial charge >= 0.3 is 0 Å². The van der Waals surface area contributed by atoms with Crippen molar-refractivity contribution in [2.24, 2.45) is 0 Å². The van der Waals surface area contributed by atoms with Crippen molar-refractivity contribution in [3.05, 3.63) is 29.3 Å². The summed E-state index contributed by atoms with van der Waals surface area (Å²) in [5, 5.41) is 0.746. The summed E-state index contributed by atoms with van der Waals surface area (Å²) in [6, 6.07) is 6.36. The van der Waals surface area contributed by atoms with Crippen LogP contribution in [0.15, 0.2) is 18.2 Å². The van der Waals surface area contributed by atoms with E-state index in [9.17, 15) is 4.79 Å². The molecule has 20 heavy (non-hydrogen) atoms. The van der Waals surface area contributed by atoms with Gasteiger partial charge < -0.3 is 4.74 Å². The monoisotopic (exact) mass is 290 g/mol. The van der Waals surface area contributed by atoms with E-state index in [1.807, 2.05) is 11.8 Å². The van der Waals surface area contributed by atoms with Crippen molar-refractivity contribution in [3.63, 3.8) is 0 Å². The molecule has 1 aliphatic carbocycles. The highest BCUT2D eigenvalue weighted by molar-refractivity contribution is 8.00.